The number of carbonyl (C=O) groups is 1. The van der Waals surface area contributed by atoms with Crippen LogP contribution in [0.3, 0.4) is 0 Å². The first-order chi connectivity index (χ1) is 14.0. The van der Waals surface area contributed by atoms with E-state index in [-0.39, 0.29) is 12.5 Å². The molecule has 7 heteroatoms. The minimum atomic E-state index is -0.600. The normalized spacial score (nSPS) is 11.7. The van der Waals surface area contributed by atoms with Crippen LogP contribution in [0.4, 0.5) is 0 Å². The number of aryl methyl sites for hydroxylation is 2. The fourth-order valence-corrected chi connectivity index (χ4v) is 2.97. The van der Waals surface area contributed by atoms with E-state index in [1.54, 1.807) is 7.11 Å². The van der Waals surface area contributed by atoms with Gasteiger partial charge in [0.15, 0.2) is 6.10 Å². The molecule has 0 fully saturated rings. The number of hydrogen-bond donors (Lipinski definition) is 1. The number of ether oxygens (including phenoxy) is 2. The fraction of sp³-hybridized carbons (Fsp3) is 0.318. The second kappa shape index (κ2) is 9.23. The number of carbonyl (C=O) groups excluding carboxylic acids is 1. The summed E-state index contributed by atoms with van der Waals surface area (Å²) in [5.74, 6) is 1.91. The quantitative estimate of drug-likeness (QED) is 0.624. The van der Waals surface area contributed by atoms with Crippen molar-refractivity contribution in [2.75, 3.05) is 7.11 Å². The van der Waals surface area contributed by atoms with Gasteiger partial charge in [-0.3, -0.25) is 4.79 Å². The largest absolute Gasteiger partial charge is 0.497 e. The number of rotatable bonds is 8. The summed E-state index contributed by atoms with van der Waals surface area (Å²) in [6, 6.07) is 13.3. The molecule has 152 valence electrons. The second-order valence-electron chi connectivity index (χ2n) is 6.80. The Morgan fingerprint density at radius 3 is 2.59 bits per heavy atom. The summed E-state index contributed by atoms with van der Waals surface area (Å²) in [6.07, 6.45) is -0.0606. The van der Waals surface area contributed by atoms with E-state index >= 15 is 0 Å². The number of amides is 1. The minimum absolute atomic E-state index is 0.127. The number of nitrogens with zero attached hydrogens (tertiary/aromatic N) is 2. The molecule has 0 spiro atoms. The Labute approximate surface area is 170 Å². The van der Waals surface area contributed by atoms with Gasteiger partial charge in [-0.05, 0) is 55.7 Å². The first-order valence-corrected chi connectivity index (χ1v) is 9.48. The van der Waals surface area contributed by atoms with Crippen LogP contribution in [0.5, 0.6) is 11.5 Å². The van der Waals surface area contributed by atoms with Crippen molar-refractivity contribution in [1.29, 1.82) is 0 Å². The van der Waals surface area contributed by atoms with Crippen molar-refractivity contribution in [3.63, 3.8) is 0 Å². The Morgan fingerprint density at radius 2 is 1.90 bits per heavy atom. The van der Waals surface area contributed by atoms with E-state index in [0.29, 0.717) is 29.6 Å². The van der Waals surface area contributed by atoms with E-state index in [2.05, 4.69) is 21.5 Å². The van der Waals surface area contributed by atoms with Gasteiger partial charge in [-0.25, -0.2) is 0 Å². The van der Waals surface area contributed by atoms with Crippen LogP contribution in [0.1, 0.15) is 30.4 Å². The predicted octanol–water partition coefficient (Wildman–Crippen LogP) is 3.84. The van der Waals surface area contributed by atoms with Gasteiger partial charge in [-0.15, -0.1) is 0 Å². The highest BCUT2D eigenvalue weighted by molar-refractivity contribution is 5.81. The molecule has 1 heterocycles. The standard InChI is InChI=1S/C22H25N3O4/c1-5-19(28-18-10-14(2)9-15(3)11-18)22(26)23-13-20-24-21(25-29-20)16-7-6-8-17(12-16)27-4/h6-12,19H,5,13H2,1-4H3,(H,23,26)/t19-/m0/s1. The summed E-state index contributed by atoms with van der Waals surface area (Å²) in [5.41, 5.74) is 2.95. The van der Waals surface area contributed by atoms with Crippen molar-refractivity contribution >= 4 is 5.91 Å². The van der Waals surface area contributed by atoms with Gasteiger partial charge in [0.05, 0.1) is 13.7 Å². The van der Waals surface area contributed by atoms with Gasteiger partial charge in [0.2, 0.25) is 11.7 Å². The summed E-state index contributed by atoms with van der Waals surface area (Å²) in [7, 11) is 1.60. The summed E-state index contributed by atoms with van der Waals surface area (Å²) >= 11 is 0. The van der Waals surface area contributed by atoms with E-state index in [9.17, 15) is 4.79 Å². The number of nitrogens with one attached hydrogen (secondary N) is 1. The van der Waals surface area contributed by atoms with Gasteiger partial charge >= 0.3 is 0 Å². The van der Waals surface area contributed by atoms with E-state index in [1.165, 1.54) is 0 Å². The molecule has 3 rings (SSSR count). The summed E-state index contributed by atoms with van der Waals surface area (Å²) in [4.78, 5) is 16.9. The smallest absolute Gasteiger partial charge is 0.261 e. The Morgan fingerprint density at radius 1 is 1.14 bits per heavy atom. The van der Waals surface area contributed by atoms with Crippen LogP contribution in [0.25, 0.3) is 11.4 Å². The Hall–Kier alpha value is -3.35. The third kappa shape index (κ3) is 5.34. The van der Waals surface area contributed by atoms with E-state index in [4.69, 9.17) is 14.0 Å². The van der Waals surface area contributed by atoms with Crippen molar-refractivity contribution in [2.45, 2.75) is 39.8 Å². The first-order valence-electron chi connectivity index (χ1n) is 9.48. The molecule has 0 unspecified atom stereocenters. The highest BCUT2D eigenvalue weighted by Crippen LogP contribution is 2.21. The Bertz CT molecular complexity index is 963. The SMILES string of the molecule is CC[C@H](Oc1cc(C)cc(C)c1)C(=O)NCc1nc(-c2cccc(OC)c2)no1. The highest BCUT2D eigenvalue weighted by atomic mass is 16.5. The summed E-state index contributed by atoms with van der Waals surface area (Å²) in [5, 5.41) is 6.77. The molecule has 1 N–H and O–H groups in total. The lowest BCUT2D eigenvalue weighted by Crippen LogP contribution is -2.37. The first kappa shape index (κ1) is 20.4. The molecule has 0 saturated heterocycles. The van der Waals surface area contributed by atoms with Crippen LogP contribution in [0, 0.1) is 13.8 Å². The molecule has 3 aromatic rings. The topological polar surface area (TPSA) is 86.5 Å². The Kier molecular flexibility index (Phi) is 6.49. The molecule has 1 amide bonds. The summed E-state index contributed by atoms with van der Waals surface area (Å²) in [6.45, 7) is 6.02. The monoisotopic (exact) mass is 395 g/mol. The molecule has 0 aliphatic heterocycles. The van der Waals surface area contributed by atoms with Crippen molar-refractivity contribution < 1.29 is 18.8 Å². The maximum atomic E-state index is 12.5. The number of benzene rings is 2. The minimum Gasteiger partial charge on any atom is -0.497 e. The third-order valence-corrected chi connectivity index (χ3v) is 4.35. The van der Waals surface area contributed by atoms with Gasteiger partial charge in [0.1, 0.15) is 11.5 Å². The molecule has 7 nitrogen and oxygen atoms in total. The zero-order valence-electron chi connectivity index (χ0n) is 17.1. The average Bonchev–Trinajstić information content (AvgIpc) is 3.18. The molecular formula is C22H25N3O4. The van der Waals surface area contributed by atoms with Crippen molar-refractivity contribution in [1.82, 2.24) is 15.5 Å². The predicted molar refractivity (Wildman–Crippen MR) is 109 cm³/mol. The molecule has 0 aliphatic carbocycles. The molecule has 1 atom stereocenters. The van der Waals surface area contributed by atoms with Gasteiger partial charge in [-0.1, -0.05) is 30.3 Å². The molecule has 2 aromatic carbocycles. The van der Waals surface area contributed by atoms with Gasteiger partial charge < -0.3 is 19.3 Å². The molecule has 0 radical (unpaired) electrons. The Balaban J connectivity index is 1.61. The number of aromatic nitrogens is 2. The van der Waals surface area contributed by atoms with Crippen LogP contribution < -0.4 is 14.8 Å². The molecule has 29 heavy (non-hydrogen) atoms. The van der Waals surface area contributed by atoms with Crippen molar-refractivity contribution in [3.8, 4) is 22.9 Å². The summed E-state index contributed by atoms with van der Waals surface area (Å²) < 4.78 is 16.3. The van der Waals surface area contributed by atoms with Gasteiger partial charge in [0.25, 0.3) is 5.91 Å². The van der Waals surface area contributed by atoms with Crippen LogP contribution in [0.2, 0.25) is 0 Å². The van der Waals surface area contributed by atoms with Crippen LogP contribution in [-0.4, -0.2) is 29.3 Å². The zero-order valence-corrected chi connectivity index (χ0v) is 17.1. The molecule has 1 aromatic heterocycles. The lowest BCUT2D eigenvalue weighted by atomic mass is 10.1. The lowest BCUT2D eigenvalue weighted by Gasteiger charge is -2.17. The van der Waals surface area contributed by atoms with E-state index in [1.807, 2.05) is 57.2 Å². The fourth-order valence-electron chi connectivity index (χ4n) is 2.97. The van der Waals surface area contributed by atoms with Crippen molar-refractivity contribution in [3.05, 3.63) is 59.5 Å². The molecule has 0 bridgehead atoms. The maximum Gasteiger partial charge on any atom is 0.261 e. The zero-order chi connectivity index (χ0) is 20.8. The van der Waals surface area contributed by atoms with E-state index < -0.39 is 6.10 Å². The van der Waals surface area contributed by atoms with Crippen LogP contribution in [-0.2, 0) is 11.3 Å². The third-order valence-electron chi connectivity index (χ3n) is 4.35. The average molecular weight is 395 g/mol. The van der Waals surface area contributed by atoms with Crippen LogP contribution in [0.15, 0.2) is 47.0 Å². The van der Waals surface area contributed by atoms with Crippen LogP contribution >= 0.6 is 0 Å². The van der Waals surface area contributed by atoms with Gasteiger partial charge in [0, 0.05) is 5.56 Å². The van der Waals surface area contributed by atoms with Crippen molar-refractivity contribution in [2.24, 2.45) is 0 Å². The lowest BCUT2D eigenvalue weighted by molar-refractivity contribution is -0.128. The van der Waals surface area contributed by atoms with E-state index in [0.717, 1.165) is 16.7 Å². The second-order valence-corrected chi connectivity index (χ2v) is 6.80. The highest BCUT2D eigenvalue weighted by Gasteiger charge is 2.19. The number of hydrogen-bond acceptors (Lipinski definition) is 6. The molecule has 0 aliphatic rings. The number of methoxy groups -OCH3 is 1. The molecule has 0 saturated carbocycles. The molecular weight excluding hydrogens is 370 g/mol. The maximum absolute atomic E-state index is 12.5. The van der Waals surface area contributed by atoms with Gasteiger partial charge in [-0.2, -0.15) is 4.98 Å².